The van der Waals surface area contributed by atoms with E-state index in [2.05, 4.69) is 15.6 Å². The van der Waals surface area contributed by atoms with E-state index >= 15 is 0 Å². The van der Waals surface area contributed by atoms with Crippen LogP contribution in [0.3, 0.4) is 0 Å². The lowest BCUT2D eigenvalue weighted by atomic mass is 9.85. The Kier molecular flexibility index (Phi) is 4.72. The van der Waals surface area contributed by atoms with Gasteiger partial charge >= 0.3 is 5.97 Å². The number of hydrogen-bond donors (Lipinski definition) is 1. The molecule has 21 heavy (non-hydrogen) atoms. The van der Waals surface area contributed by atoms with Crippen LogP contribution in [0.1, 0.15) is 38.9 Å². The Bertz CT molecular complexity index is 526. The Labute approximate surface area is 124 Å². The minimum atomic E-state index is -0.850. The fraction of sp³-hybridized carbons (Fsp3) is 0.714. The van der Waals surface area contributed by atoms with Gasteiger partial charge in [-0.15, -0.1) is 5.10 Å². The number of carbonyl (C=O) groups excluding carboxylic acids is 2. The standard InChI is InChI=1S/C14H22N4O3/c1-8(2)7-21-14(20)12-11(19)5-9(3)15-13(12)10-6-18(4)17-16-10/h6,8-9,12-13,15H,5,7H2,1-4H3/t9-,12?,13?/m0/s1. The van der Waals surface area contributed by atoms with Crippen LogP contribution in [0.15, 0.2) is 6.20 Å². The number of ketones is 1. The quantitative estimate of drug-likeness (QED) is 0.647. The first-order valence-electron chi connectivity index (χ1n) is 7.20. The molecule has 116 valence electrons. The predicted molar refractivity (Wildman–Crippen MR) is 75.3 cm³/mol. The first kappa shape index (κ1) is 15.6. The summed E-state index contributed by atoms with van der Waals surface area (Å²) >= 11 is 0. The van der Waals surface area contributed by atoms with Crippen LogP contribution in [-0.2, 0) is 21.4 Å². The zero-order chi connectivity index (χ0) is 15.6. The highest BCUT2D eigenvalue weighted by Crippen LogP contribution is 2.29. The number of nitrogens with one attached hydrogen (secondary N) is 1. The van der Waals surface area contributed by atoms with Gasteiger partial charge in [-0.25, -0.2) is 0 Å². The van der Waals surface area contributed by atoms with E-state index in [9.17, 15) is 9.59 Å². The lowest BCUT2D eigenvalue weighted by molar-refractivity contribution is -0.155. The molecule has 0 spiro atoms. The van der Waals surface area contributed by atoms with Crippen molar-refractivity contribution in [2.75, 3.05) is 6.61 Å². The fourth-order valence-electron chi connectivity index (χ4n) is 2.45. The molecule has 1 fully saturated rings. The maximum atomic E-state index is 12.3. The summed E-state index contributed by atoms with van der Waals surface area (Å²) in [6, 6.07) is -0.478. The molecule has 0 radical (unpaired) electrons. The van der Waals surface area contributed by atoms with Gasteiger partial charge in [0.2, 0.25) is 0 Å². The number of aromatic nitrogens is 3. The van der Waals surface area contributed by atoms with Crippen molar-refractivity contribution in [2.45, 2.75) is 39.3 Å². The summed E-state index contributed by atoms with van der Waals surface area (Å²) < 4.78 is 6.81. The molecule has 1 saturated heterocycles. The summed E-state index contributed by atoms with van der Waals surface area (Å²) in [6.07, 6.45) is 2.03. The highest BCUT2D eigenvalue weighted by atomic mass is 16.5. The number of nitrogens with zero attached hydrogens (tertiary/aromatic N) is 3. The molecule has 1 aromatic heterocycles. The Balaban J connectivity index is 2.20. The lowest BCUT2D eigenvalue weighted by Crippen LogP contribution is -2.49. The number of hydrogen-bond acceptors (Lipinski definition) is 6. The number of esters is 1. The Morgan fingerprint density at radius 2 is 2.29 bits per heavy atom. The van der Waals surface area contributed by atoms with Crippen LogP contribution < -0.4 is 5.32 Å². The molecule has 7 nitrogen and oxygen atoms in total. The number of ether oxygens (including phenoxy) is 1. The van der Waals surface area contributed by atoms with E-state index in [1.54, 1.807) is 17.9 Å². The Hall–Kier alpha value is -1.76. The van der Waals surface area contributed by atoms with Crippen LogP contribution in [0.5, 0.6) is 0 Å². The van der Waals surface area contributed by atoms with Gasteiger partial charge in [-0.1, -0.05) is 19.1 Å². The van der Waals surface area contributed by atoms with E-state index in [1.165, 1.54) is 0 Å². The molecule has 0 amide bonds. The summed E-state index contributed by atoms with van der Waals surface area (Å²) in [7, 11) is 1.75. The van der Waals surface area contributed by atoms with Crippen LogP contribution in [0.25, 0.3) is 0 Å². The molecular formula is C14H22N4O3. The number of aryl methyl sites for hydroxylation is 1. The number of Topliss-reactive ketones (excluding diaryl/α,β-unsaturated/α-hetero) is 1. The van der Waals surface area contributed by atoms with Gasteiger partial charge in [-0.2, -0.15) is 0 Å². The van der Waals surface area contributed by atoms with Gasteiger partial charge in [0, 0.05) is 25.7 Å². The molecule has 0 saturated carbocycles. The van der Waals surface area contributed by atoms with Crippen molar-refractivity contribution >= 4 is 11.8 Å². The van der Waals surface area contributed by atoms with Crippen molar-refractivity contribution in [3.05, 3.63) is 11.9 Å². The average molecular weight is 294 g/mol. The third-order valence-electron chi connectivity index (χ3n) is 3.40. The molecular weight excluding hydrogens is 272 g/mol. The zero-order valence-electron chi connectivity index (χ0n) is 12.9. The van der Waals surface area contributed by atoms with Crippen LogP contribution in [0, 0.1) is 11.8 Å². The molecule has 1 aromatic rings. The van der Waals surface area contributed by atoms with E-state index in [0.29, 0.717) is 18.7 Å². The van der Waals surface area contributed by atoms with Crippen molar-refractivity contribution in [3.63, 3.8) is 0 Å². The van der Waals surface area contributed by atoms with Gasteiger partial charge in [-0.3, -0.25) is 14.3 Å². The van der Waals surface area contributed by atoms with E-state index in [1.807, 2.05) is 20.8 Å². The van der Waals surface area contributed by atoms with E-state index < -0.39 is 17.9 Å². The first-order chi connectivity index (χ1) is 9.88. The second-order valence-electron chi connectivity index (χ2n) is 6.03. The maximum absolute atomic E-state index is 12.3. The molecule has 0 aromatic carbocycles. The second kappa shape index (κ2) is 6.34. The zero-order valence-corrected chi connectivity index (χ0v) is 12.9. The molecule has 1 aliphatic heterocycles. The van der Waals surface area contributed by atoms with Crippen molar-refractivity contribution in [2.24, 2.45) is 18.9 Å². The van der Waals surface area contributed by atoms with Gasteiger partial charge in [0.25, 0.3) is 0 Å². The smallest absolute Gasteiger partial charge is 0.318 e. The number of piperidine rings is 1. The minimum absolute atomic E-state index is 0.00125. The summed E-state index contributed by atoms with van der Waals surface area (Å²) in [5.41, 5.74) is 0.587. The minimum Gasteiger partial charge on any atom is -0.465 e. The monoisotopic (exact) mass is 294 g/mol. The largest absolute Gasteiger partial charge is 0.465 e. The Morgan fingerprint density at radius 3 is 2.86 bits per heavy atom. The molecule has 1 N–H and O–H groups in total. The second-order valence-corrected chi connectivity index (χ2v) is 6.03. The summed E-state index contributed by atoms with van der Waals surface area (Å²) in [4.78, 5) is 24.6. The predicted octanol–water partition coefficient (Wildman–Crippen LogP) is 0.622. The number of carbonyl (C=O) groups is 2. The van der Waals surface area contributed by atoms with E-state index in [4.69, 9.17) is 4.74 Å². The summed E-state index contributed by atoms with van der Waals surface area (Å²) in [5, 5.41) is 11.2. The topological polar surface area (TPSA) is 86.1 Å². The maximum Gasteiger partial charge on any atom is 0.318 e. The molecule has 7 heteroatoms. The third-order valence-corrected chi connectivity index (χ3v) is 3.40. The molecule has 0 aliphatic carbocycles. The Morgan fingerprint density at radius 1 is 1.57 bits per heavy atom. The van der Waals surface area contributed by atoms with Crippen molar-refractivity contribution in [1.29, 1.82) is 0 Å². The van der Waals surface area contributed by atoms with E-state index in [0.717, 1.165) is 0 Å². The SMILES string of the molecule is CC(C)COC(=O)C1C(=O)C[C@H](C)NC1c1cn(C)nn1. The summed E-state index contributed by atoms with van der Waals surface area (Å²) in [5.74, 6) is -1.21. The van der Waals surface area contributed by atoms with Gasteiger partial charge in [0.05, 0.1) is 12.6 Å². The van der Waals surface area contributed by atoms with Crippen LogP contribution in [0.2, 0.25) is 0 Å². The lowest BCUT2D eigenvalue weighted by Gasteiger charge is -2.32. The van der Waals surface area contributed by atoms with Crippen molar-refractivity contribution in [3.8, 4) is 0 Å². The van der Waals surface area contributed by atoms with Gasteiger partial charge in [-0.05, 0) is 12.8 Å². The highest BCUT2D eigenvalue weighted by Gasteiger charge is 2.42. The normalized spacial score (nSPS) is 26.1. The average Bonchev–Trinajstić information content (AvgIpc) is 2.81. The van der Waals surface area contributed by atoms with Crippen molar-refractivity contribution in [1.82, 2.24) is 20.3 Å². The molecule has 3 atom stereocenters. The van der Waals surface area contributed by atoms with Crippen LogP contribution in [-0.4, -0.2) is 39.4 Å². The molecule has 2 heterocycles. The van der Waals surface area contributed by atoms with Gasteiger partial charge in [0.15, 0.2) is 5.78 Å². The van der Waals surface area contributed by atoms with Crippen LogP contribution in [0.4, 0.5) is 0 Å². The molecule has 1 aliphatic rings. The van der Waals surface area contributed by atoms with E-state index in [-0.39, 0.29) is 17.7 Å². The first-order valence-corrected chi connectivity index (χ1v) is 7.20. The highest BCUT2D eigenvalue weighted by molar-refractivity contribution is 6.00. The van der Waals surface area contributed by atoms with Gasteiger partial charge < -0.3 is 10.1 Å². The fourth-order valence-corrected chi connectivity index (χ4v) is 2.45. The molecule has 2 unspecified atom stereocenters. The summed E-state index contributed by atoms with van der Waals surface area (Å²) in [6.45, 7) is 6.13. The molecule has 0 bridgehead atoms. The molecule has 2 rings (SSSR count). The van der Waals surface area contributed by atoms with Crippen molar-refractivity contribution < 1.29 is 14.3 Å². The van der Waals surface area contributed by atoms with Gasteiger partial charge in [0.1, 0.15) is 11.6 Å². The third kappa shape index (κ3) is 3.66. The number of rotatable bonds is 4. The van der Waals surface area contributed by atoms with Crippen LogP contribution >= 0.6 is 0 Å².